The Labute approximate surface area is 184 Å². The van der Waals surface area contributed by atoms with Crippen molar-refractivity contribution in [3.63, 3.8) is 0 Å². The predicted molar refractivity (Wildman–Crippen MR) is 120 cm³/mol. The Kier molecular flexibility index (Phi) is 6.04. The highest BCUT2D eigenvalue weighted by molar-refractivity contribution is 8.24. The number of amidine groups is 1. The quantitative estimate of drug-likeness (QED) is 0.183. The molecule has 0 saturated carbocycles. The minimum Gasteiger partial charge on any atom is -0.355 e. The molecular formula is C19H22ClFN6O3S. The summed E-state index contributed by atoms with van der Waals surface area (Å²) in [5.41, 5.74) is 1.26. The Hall–Kier alpha value is -2.44. The first-order valence-corrected chi connectivity index (χ1v) is 11.8. The van der Waals surface area contributed by atoms with Crippen LogP contribution in [-0.4, -0.2) is 53.2 Å². The van der Waals surface area contributed by atoms with Gasteiger partial charge in [0.25, 0.3) is 0 Å². The van der Waals surface area contributed by atoms with E-state index < -0.39 is 16.4 Å². The molecule has 0 aliphatic carbocycles. The number of hydroxylamine groups is 1. The van der Waals surface area contributed by atoms with E-state index in [1.807, 2.05) is 0 Å². The molecule has 2 aromatic heterocycles. The van der Waals surface area contributed by atoms with Crippen molar-refractivity contribution in [3.05, 3.63) is 46.9 Å². The highest BCUT2D eigenvalue weighted by Gasteiger charge is 2.25. The number of aromatic nitrogens is 3. The number of benzene rings is 1. The lowest BCUT2D eigenvalue weighted by Crippen LogP contribution is -2.27. The summed E-state index contributed by atoms with van der Waals surface area (Å²) in [4.78, 5) is 11.6. The molecule has 1 saturated heterocycles. The van der Waals surface area contributed by atoms with Crippen LogP contribution < -0.4 is 10.4 Å². The first-order valence-electron chi connectivity index (χ1n) is 9.59. The number of nitrogens with zero attached hydrogens (tertiary/aromatic N) is 3. The van der Waals surface area contributed by atoms with Gasteiger partial charge in [-0.1, -0.05) is 11.6 Å². The number of fused-ring (bicyclic) bond motifs is 1. The van der Waals surface area contributed by atoms with Gasteiger partial charge in [0.2, 0.25) is 5.95 Å². The average Bonchev–Trinajstić information content (AvgIpc) is 3.15. The zero-order chi connectivity index (χ0) is 22.2. The van der Waals surface area contributed by atoms with Crippen LogP contribution in [0.5, 0.6) is 0 Å². The fourth-order valence-corrected chi connectivity index (χ4v) is 5.61. The van der Waals surface area contributed by atoms with Crippen molar-refractivity contribution in [3.8, 4) is 0 Å². The second-order valence-electron chi connectivity index (χ2n) is 7.46. The summed E-state index contributed by atoms with van der Waals surface area (Å²) in [6.45, 7) is 0.517. The molecule has 1 aliphatic heterocycles. The fourth-order valence-electron chi connectivity index (χ4n) is 3.60. The van der Waals surface area contributed by atoms with Gasteiger partial charge in [-0.05, 0) is 43.0 Å². The highest BCUT2D eigenvalue weighted by Crippen LogP contribution is 2.46. The van der Waals surface area contributed by atoms with Gasteiger partial charge in [-0.2, -0.15) is 15.6 Å². The number of anilines is 2. The lowest BCUT2D eigenvalue weighted by Gasteiger charge is -2.40. The van der Waals surface area contributed by atoms with Gasteiger partial charge >= 0.3 is 0 Å². The lowest BCUT2D eigenvalue weighted by atomic mass is 10.1. The van der Waals surface area contributed by atoms with Crippen LogP contribution in [0, 0.1) is 17.1 Å². The molecule has 4 rings (SSSR count). The van der Waals surface area contributed by atoms with Crippen LogP contribution >= 0.6 is 22.2 Å². The first-order chi connectivity index (χ1) is 14.7. The number of pyridine rings is 1. The predicted octanol–water partition coefficient (Wildman–Crippen LogP) is 4.54. The third kappa shape index (κ3) is 4.75. The topological polar surface area (TPSA) is 141 Å². The van der Waals surface area contributed by atoms with Crippen LogP contribution in [0.3, 0.4) is 0 Å². The monoisotopic (exact) mass is 468 g/mol. The second kappa shape index (κ2) is 8.60. The summed E-state index contributed by atoms with van der Waals surface area (Å²) < 4.78 is 33.3. The molecule has 1 fully saturated rings. The molecule has 1 unspecified atom stereocenters. The van der Waals surface area contributed by atoms with Crippen molar-refractivity contribution in [1.29, 1.82) is 5.41 Å². The number of hydrogen-bond acceptors (Lipinski definition) is 7. The van der Waals surface area contributed by atoms with Gasteiger partial charge in [-0.25, -0.2) is 14.4 Å². The van der Waals surface area contributed by atoms with E-state index in [1.165, 1.54) is 18.3 Å². The SMILES string of the molecule is N=C(c1ccnc2nc(NCC3CCCS(O)(O)C3)[nH]c12)N(O)c1ccc(F)c(Cl)c1. The number of imidazole rings is 1. The third-order valence-electron chi connectivity index (χ3n) is 5.15. The zero-order valence-electron chi connectivity index (χ0n) is 16.3. The summed E-state index contributed by atoms with van der Waals surface area (Å²) in [6, 6.07) is 5.19. The van der Waals surface area contributed by atoms with Gasteiger partial charge in [0.15, 0.2) is 11.5 Å². The molecule has 6 N–H and O–H groups in total. The van der Waals surface area contributed by atoms with E-state index in [2.05, 4.69) is 20.3 Å². The molecule has 31 heavy (non-hydrogen) atoms. The standard InChI is InChI=1S/C19H22ClFN6O3S/c20-14-8-12(3-4-15(14)21)27(28)17(22)13-5-6-23-18-16(13)25-19(26-18)24-9-11-2-1-7-31(29,30)10-11/h3-6,8,11,22,28-30H,1-2,7,9-10H2,(H2,23,24,25,26). The summed E-state index contributed by atoms with van der Waals surface area (Å²) in [5, 5.41) is 22.4. The second-order valence-corrected chi connectivity index (χ2v) is 10.2. The van der Waals surface area contributed by atoms with Crippen LogP contribution in [-0.2, 0) is 0 Å². The van der Waals surface area contributed by atoms with E-state index in [9.17, 15) is 18.7 Å². The van der Waals surface area contributed by atoms with Crippen molar-refractivity contribution in [2.24, 2.45) is 5.92 Å². The van der Waals surface area contributed by atoms with Crippen LogP contribution in [0.25, 0.3) is 11.2 Å². The number of halogens is 2. The molecule has 12 heteroatoms. The van der Waals surface area contributed by atoms with Gasteiger partial charge in [-0.15, -0.1) is 0 Å². The van der Waals surface area contributed by atoms with Crippen molar-refractivity contribution < 1.29 is 18.7 Å². The van der Waals surface area contributed by atoms with Crippen molar-refractivity contribution in [2.75, 3.05) is 28.4 Å². The zero-order valence-corrected chi connectivity index (χ0v) is 17.9. The fraction of sp³-hybridized carbons (Fsp3) is 0.316. The van der Waals surface area contributed by atoms with Crippen molar-refractivity contribution in [2.45, 2.75) is 12.8 Å². The van der Waals surface area contributed by atoms with Gasteiger partial charge < -0.3 is 10.3 Å². The summed E-state index contributed by atoms with van der Waals surface area (Å²) in [6.07, 6.45) is 3.15. The molecular weight excluding hydrogens is 447 g/mol. The van der Waals surface area contributed by atoms with Gasteiger partial charge in [0.05, 0.1) is 16.2 Å². The largest absolute Gasteiger partial charge is 0.355 e. The first kappa shape index (κ1) is 21.8. The van der Waals surface area contributed by atoms with Gasteiger partial charge in [0, 0.05) is 29.8 Å². The maximum atomic E-state index is 13.4. The van der Waals surface area contributed by atoms with Crippen LogP contribution in [0.4, 0.5) is 16.0 Å². The normalized spacial score (nSPS) is 19.2. The number of aromatic amines is 1. The summed E-state index contributed by atoms with van der Waals surface area (Å²) >= 11 is 5.78. The molecule has 0 amide bonds. The van der Waals surface area contributed by atoms with Crippen LogP contribution in [0.1, 0.15) is 18.4 Å². The van der Waals surface area contributed by atoms with Crippen LogP contribution in [0.2, 0.25) is 5.02 Å². The summed E-state index contributed by atoms with van der Waals surface area (Å²) in [7, 11) is -2.50. The molecule has 3 heterocycles. The van der Waals surface area contributed by atoms with E-state index in [1.54, 1.807) is 6.07 Å². The molecule has 9 nitrogen and oxygen atoms in total. The maximum absolute atomic E-state index is 13.4. The Balaban J connectivity index is 1.53. The molecule has 0 spiro atoms. The van der Waals surface area contributed by atoms with E-state index in [4.69, 9.17) is 17.0 Å². The molecule has 0 bridgehead atoms. The Morgan fingerprint density at radius 2 is 2.19 bits per heavy atom. The van der Waals surface area contributed by atoms with E-state index >= 15 is 0 Å². The van der Waals surface area contributed by atoms with E-state index in [0.717, 1.165) is 18.9 Å². The Morgan fingerprint density at radius 1 is 1.39 bits per heavy atom. The van der Waals surface area contributed by atoms with E-state index in [-0.39, 0.29) is 22.5 Å². The van der Waals surface area contributed by atoms with Gasteiger partial charge in [-0.3, -0.25) is 19.7 Å². The third-order valence-corrected chi connectivity index (χ3v) is 7.39. The van der Waals surface area contributed by atoms with E-state index in [0.29, 0.717) is 45.8 Å². The summed E-state index contributed by atoms with van der Waals surface area (Å²) in [5.74, 6) is 0.480. The van der Waals surface area contributed by atoms with Crippen LogP contribution in [0.15, 0.2) is 30.5 Å². The molecule has 3 aromatic rings. The number of rotatable bonds is 5. The number of H-pyrrole nitrogens is 1. The number of nitrogens with one attached hydrogen (secondary N) is 3. The maximum Gasteiger partial charge on any atom is 0.202 e. The molecule has 166 valence electrons. The Morgan fingerprint density at radius 3 is 2.94 bits per heavy atom. The minimum atomic E-state index is -2.50. The molecule has 1 atom stereocenters. The average molecular weight is 469 g/mol. The number of hydrogen-bond donors (Lipinski definition) is 6. The molecule has 1 aliphatic rings. The molecule has 0 radical (unpaired) electrons. The molecule has 1 aromatic carbocycles. The highest BCUT2D eigenvalue weighted by atomic mass is 35.5. The Bertz CT molecular complexity index is 1130. The van der Waals surface area contributed by atoms with Crippen molar-refractivity contribution in [1.82, 2.24) is 15.0 Å². The van der Waals surface area contributed by atoms with Crippen molar-refractivity contribution >= 4 is 50.8 Å². The smallest absolute Gasteiger partial charge is 0.202 e. The lowest BCUT2D eigenvalue weighted by molar-refractivity contribution is 0.312. The minimum absolute atomic E-state index is 0.119. The van der Waals surface area contributed by atoms with Gasteiger partial charge in [0.1, 0.15) is 5.82 Å².